The second-order valence-corrected chi connectivity index (χ2v) is 11.3. The summed E-state index contributed by atoms with van der Waals surface area (Å²) in [5.41, 5.74) is -0.302. The molecule has 0 radical (unpaired) electrons. The molecular weight excluding hydrogens is 526 g/mol. The van der Waals surface area contributed by atoms with E-state index in [1.165, 1.54) is 21.2 Å². The smallest absolute Gasteiger partial charge is 0.336 e. The van der Waals surface area contributed by atoms with Crippen LogP contribution in [0.3, 0.4) is 0 Å². The number of carbonyl (C=O) groups excluding carboxylic acids is 1. The number of aliphatic hydroxyl groups is 1. The number of hydrogen-bond acceptors (Lipinski definition) is 8. The van der Waals surface area contributed by atoms with Crippen molar-refractivity contribution < 1.29 is 39.6 Å². The van der Waals surface area contributed by atoms with Crippen LogP contribution in [0.15, 0.2) is 23.6 Å². The number of amides is 1. The molecule has 0 aliphatic carbocycles. The van der Waals surface area contributed by atoms with Gasteiger partial charge in [-0.15, -0.1) is 11.3 Å². The molecule has 0 saturated carbocycles. The summed E-state index contributed by atoms with van der Waals surface area (Å²) in [6, 6.07) is 6.91. The van der Waals surface area contributed by atoms with Crippen LogP contribution in [0.4, 0.5) is 0 Å². The fourth-order valence-electron chi connectivity index (χ4n) is 4.44. The molecule has 1 aliphatic rings. The third kappa shape index (κ3) is 9.88. The maximum absolute atomic E-state index is 13.2. The Labute approximate surface area is 232 Å². The fraction of sp³-hybridized carbons (Fsp3) is 0.556. The summed E-state index contributed by atoms with van der Waals surface area (Å²) in [6.07, 6.45) is 0.394. The molecule has 216 valence electrons. The van der Waals surface area contributed by atoms with Crippen molar-refractivity contribution in [2.75, 3.05) is 47.3 Å². The van der Waals surface area contributed by atoms with Crippen molar-refractivity contribution in [2.24, 2.45) is 0 Å². The van der Waals surface area contributed by atoms with E-state index >= 15 is 0 Å². The highest BCUT2D eigenvalue weighted by Crippen LogP contribution is 2.28. The van der Waals surface area contributed by atoms with Gasteiger partial charge < -0.3 is 35.1 Å². The highest BCUT2D eigenvalue weighted by atomic mass is 32.1. The number of carbonyl (C=O) groups is 4. The number of rotatable bonds is 11. The van der Waals surface area contributed by atoms with Crippen LogP contribution >= 0.6 is 11.3 Å². The Morgan fingerprint density at radius 2 is 1.62 bits per heavy atom. The molecule has 1 fully saturated rings. The zero-order chi connectivity index (χ0) is 29.3. The summed E-state index contributed by atoms with van der Waals surface area (Å²) in [7, 11) is 6.32. The van der Waals surface area contributed by atoms with Crippen LogP contribution < -0.4 is 0 Å². The zero-order valence-electron chi connectivity index (χ0n) is 22.9. The van der Waals surface area contributed by atoms with Gasteiger partial charge >= 0.3 is 17.9 Å². The molecule has 0 unspecified atom stereocenters. The number of hydrogen-bond donors (Lipinski definition) is 4. The Kier molecular flexibility index (Phi) is 11.8. The van der Waals surface area contributed by atoms with Gasteiger partial charge in [-0.05, 0) is 76.4 Å². The number of aryl methyl sites for hydroxylation is 1. The van der Waals surface area contributed by atoms with Crippen LogP contribution in [0.2, 0.25) is 0 Å². The lowest BCUT2D eigenvalue weighted by molar-refractivity contribution is -0.170. The standard InChI is InChI=1S/C21H31N3OS.C6H8O7/c1-16-5-6-20-19(13-16)17(15-26-20)14-21(25)24(12-11-22(2)3)18-7-9-23(4)10-8-18;7-3(8)1-6(13,5(11)12)2-4(9)10/h5-6,13,15,18H,7-12,14H2,1-4H3;13H,1-2H2,(H,7,8)(H,9,10)(H,11,12). The van der Waals surface area contributed by atoms with Crippen molar-refractivity contribution in [1.29, 1.82) is 0 Å². The number of likely N-dealkylation sites (tertiary alicyclic amines) is 1. The average Bonchev–Trinajstić information content (AvgIpc) is 3.21. The van der Waals surface area contributed by atoms with E-state index in [0.717, 1.165) is 39.0 Å². The maximum atomic E-state index is 13.2. The highest BCUT2D eigenvalue weighted by Gasteiger charge is 2.40. The Balaban J connectivity index is 0.000000349. The average molecular weight is 566 g/mol. The van der Waals surface area contributed by atoms with Gasteiger partial charge in [-0.3, -0.25) is 14.4 Å². The van der Waals surface area contributed by atoms with Gasteiger partial charge in [-0.1, -0.05) is 17.7 Å². The number of likely N-dealkylation sites (N-methyl/N-ethyl adjacent to an activating group) is 1. The van der Waals surface area contributed by atoms with Crippen LogP contribution in [0.25, 0.3) is 10.1 Å². The predicted molar refractivity (Wildman–Crippen MR) is 148 cm³/mol. The lowest BCUT2D eigenvalue weighted by Gasteiger charge is -2.38. The van der Waals surface area contributed by atoms with E-state index in [4.69, 9.17) is 20.4 Å². The van der Waals surface area contributed by atoms with E-state index in [1.54, 1.807) is 11.3 Å². The molecule has 2 heterocycles. The van der Waals surface area contributed by atoms with Crippen LogP contribution in [0, 0.1) is 6.92 Å². The maximum Gasteiger partial charge on any atom is 0.336 e. The summed E-state index contributed by atoms with van der Waals surface area (Å²) < 4.78 is 1.28. The molecule has 2 aromatic rings. The molecule has 39 heavy (non-hydrogen) atoms. The molecule has 12 heteroatoms. The molecule has 0 atom stereocenters. The van der Waals surface area contributed by atoms with E-state index in [0.29, 0.717) is 12.5 Å². The molecule has 1 aromatic heterocycles. The fourth-order valence-corrected chi connectivity index (χ4v) is 5.38. The molecule has 0 spiro atoms. The Hall–Kier alpha value is -3.06. The largest absolute Gasteiger partial charge is 0.481 e. The van der Waals surface area contributed by atoms with Gasteiger partial charge in [0.15, 0.2) is 5.60 Å². The minimum Gasteiger partial charge on any atom is -0.481 e. The molecule has 3 rings (SSSR count). The second-order valence-electron chi connectivity index (χ2n) is 10.3. The lowest BCUT2D eigenvalue weighted by Crippen LogP contribution is -2.49. The van der Waals surface area contributed by atoms with Gasteiger partial charge in [0.2, 0.25) is 5.91 Å². The SMILES string of the molecule is Cc1ccc2scc(CC(=O)N(CCN(C)C)C3CCN(C)CC3)c2c1.O=C(O)CC(O)(CC(=O)O)C(=O)O. The van der Waals surface area contributed by atoms with E-state index in [2.05, 4.69) is 66.3 Å². The van der Waals surface area contributed by atoms with E-state index in [1.807, 2.05) is 0 Å². The summed E-state index contributed by atoms with van der Waals surface area (Å²) in [5, 5.41) is 37.2. The number of fused-ring (bicyclic) bond motifs is 1. The quantitative estimate of drug-likeness (QED) is 0.317. The predicted octanol–water partition coefficient (Wildman–Crippen LogP) is 1.99. The first-order chi connectivity index (χ1) is 18.2. The molecule has 11 nitrogen and oxygen atoms in total. The zero-order valence-corrected chi connectivity index (χ0v) is 23.7. The van der Waals surface area contributed by atoms with Crippen LogP contribution in [0.1, 0.15) is 36.8 Å². The molecule has 1 aliphatic heterocycles. The molecule has 0 bridgehead atoms. The number of aliphatic carboxylic acids is 3. The van der Waals surface area contributed by atoms with E-state index < -0.39 is 36.4 Å². The first-order valence-corrected chi connectivity index (χ1v) is 13.6. The minimum atomic E-state index is -2.74. The Bertz CT molecular complexity index is 1140. The normalized spacial score (nSPS) is 14.6. The first-order valence-electron chi connectivity index (χ1n) is 12.7. The third-order valence-electron chi connectivity index (χ3n) is 6.67. The van der Waals surface area contributed by atoms with Crippen molar-refractivity contribution in [3.63, 3.8) is 0 Å². The number of thiophene rings is 1. The number of carboxylic acids is 3. The van der Waals surface area contributed by atoms with Crippen molar-refractivity contribution in [3.05, 3.63) is 34.7 Å². The van der Waals surface area contributed by atoms with Gasteiger partial charge in [0.1, 0.15) is 0 Å². The highest BCUT2D eigenvalue weighted by molar-refractivity contribution is 7.17. The lowest BCUT2D eigenvalue weighted by atomic mass is 9.96. The minimum absolute atomic E-state index is 0.280. The van der Waals surface area contributed by atoms with Gasteiger partial charge in [-0.25, -0.2) is 4.79 Å². The molecule has 1 amide bonds. The van der Waals surface area contributed by atoms with E-state index in [9.17, 15) is 19.2 Å². The van der Waals surface area contributed by atoms with Crippen molar-refractivity contribution in [1.82, 2.24) is 14.7 Å². The molecule has 1 aromatic carbocycles. The van der Waals surface area contributed by atoms with E-state index in [-0.39, 0.29) is 5.91 Å². The number of benzene rings is 1. The van der Waals surface area contributed by atoms with Crippen molar-refractivity contribution in [2.45, 2.75) is 50.7 Å². The molecule has 4 N–H and O–H groups in total. The first kappa shape index (κ1) is 32.2. The Morgan fingerprint density at radius 3 is 2.13 bits per heavy atom. The number of nitrogens with zero attached hydrogens (tertiary/aromatic N) is 3. The van der Waals surface area contributed by atoms with Crippen LogP contribution in [-0.2, 0) is 25.6 Å². The Morgan fingerprint density at radius 1 is 1.03 bits per heavy atom. The number of carboxylic acid groups (broad SMARTS) is 3. The van der Waals surface area contributed by atoms with Crippen molar-refractivity contribution >= 4 is 45.2 Å². The topological polar surface area (TPSA) is 159 Å². The van der Waals surface area contributed by atoms with Gasteiger partial charge in [0.25, 0.3) is 0 Å². The van der Waals surface area contributed by atoms with Crippen molar-refractivity contribution in [3.8, 4) is 0 Å². The van der Waals surface area contributed by atoms with Crippen LogP contribution in [-0.4, -0.2) is 118 Å². The molecular formula is C27H39N3O8S. The second kappa shape index (κ2) is 14.4. The monoisotopic (exact) mass is 565 g/mol. The van der Waals surface area contributed by atoms with Crippen LogP contribution in [0.5, 0.6) is 0 Å². The van der Waals surface area contributed by atoms with Gasteiger partial charge in [0.05, 0.1) is 19.3 Å². The third-order valence-corrected chi connectivity index (χ3v) is 7.69. The summed E-state index contributed by atoms with van der Waals surface area (Å²) in [4.78, 5) is 50.4. The van der Waals surface area contributed by atoms with Gasteiger partial charge in [-0.2, -0.15) is 0 Å². The summed E-state index contributed by atoms with van der Waals surface area (Å²) in [6.45, 7) is 6.02. The summed E-state index contributed by atoms with van der Waals surface area (Å²) in [5.74, 6) is -4.74. The number of piperidine rings is 1. The van der Waals surface area contributed by atoms with Gasteiger partial charge in [0, 0.05) is 23.8 Å². The summed E-state index contributed by atoms with van der Waals surface area (Å²) >= 11 is 1.74. The molecule has 1 saturated heterocycles.